The minimum Gasteiger partial charge on any atom is -0.383 e. The number of carbonyl (C=O) groups is 1. The molecule has 0 aromatic rings. The van der Waals surface area contributed by atoms with Crippen molar-refractivity contribution in [1.82, 2.24) is 14.5 Å². The summed E-state index contributed by atoms with van der Waals surface area (Å²) in [5.41, 5.74) is 0. The quantitative estimate of drug-likeness (QED) is 0.639. The lowest BCUT2D eigenvalue weighted by molar-refractivity contribution is -0.131. The van der Waals surface area contributed by atoms with Gasteiger partial charge in [-0.25, -0.2) is 13.1 Å². The molecule has 8 heteroatoms. The summed E-state index contributed by atoms with van der Waals surface area (Å²) in [5, 5.41) is 0. The van der Waals surface area contributed by atoms with E-state index < -0.39 is 10.0 Å². The fraction of sp³-hybridized carbons (Fsp3) is 0.929. The number of ether oxygens (including phenoxy) is 1. The molecule has 128 valence electrons. The zero-order valence-electron chi connectivity index (χ0n) is 13.6. The molecule has 1 heterocycles. The van der Waals surface area contributed by atoms with E-state index in [4.69, 9.17) is 4.74 Å². The van der Waals surface area contributed by atoms with E-state index in [0.29, 0.717) is 38.7 Å². The Morgan fingerprint density at radius 2 is 2.05 bits per heavy atom. The predicted octanol–water partition coefficient (Wildman–Crippen LogP) is -0.649. The summed E-state index contributed by atoms with van der Waals surface area (Å²) < 4.78 is 30.7. The van der Waals surface area contributed by atoms with Crippen LogP contribution in [0.3, 0.4) is 0 Å². The van der Waals surface area contributed by atoms with Crippen molar-refractivity contribution in [2.45, 2.75) is 18.9 Å². The molecule has 1 amide bonds. The second-order valence-electron chi connectivity index (χ2n) is 6.53. The summed E-state index contributed by atoms with van der Waals surface area (Å²) in [6, 6.07) is -0.143. The van der Waals surface area contributed by atoms with Crippen molar-refractivity contribution < 1.29 is 17.9 Å². The van der Waals surface area contributed by atoms with Crippen LogP contribution in [-0.2, 0) is 19.6 Å². The first-order chi connectivity index (χ1) is 10.3. The normalized spacial score (nSPS) is 25.9. The molecule has 2 atom stereocenters. The molecule has 1 aliphatic carbocycles. The number of nitrogens with zero attached hydrogens (tertiary/aromatic N) is 2. The topological polar surface area (TPSA) is 79.0 Å². The van der Waals surface area contributed by atoms with Crippen LogP contribution >= 0.6 is 0 Å². The third kappa shape index (κ3) is 5.19. The monoisotopic (exact) mass is 333 g/mol. The summed E-state index contributed by atoms with van der Waals surface area (Å²) in [5.74, 6) is 0.869. The highest BCUT2D eigenvalue weighted by molar-refractivity contribution is 7.88. The van der Waals surface area contributed by atoms with Crippen LogP contribution in [0, 0.1) is 11.8 Å². The van der Waals surface area contributed by atoms with Crippen LogP contribution in [-0.4, -0.2) is 83.4 Å². The Hall–Kier alpha value is -0.700. The number of nitrogens with one attached hydrogen (secondary N) is 1. The van der Waals surface area contributed by atoms with E-state index in [9.17, 15) is 13.2 Å². The molecule has 0 aromatic heterocycles. The molecule has 0 spiro atoms. The number of sulfonamides is 1. The minimum atomic E-state index is -3.25. The number of hydrogen-bond acceptors (Lipinski definition) is 5. The van der Waals surface area contributed by atoms with E-state index in [0.717, 1.165) is 12.8 Å². The van der Waals surface area contributed by atoms with Crippen molar-refractivity contribution in [3.8, 4) is 0 Å². The van der Waals surface area contributed by atoms with E-state index in [1.54, 1.807) is 12.0 Å². The molecule has 2 fully saturated rings. The molecule has 7 nitrogen and oxygen atoms in total. The van der Waals surface area contributed by atoms with E-state index >= 15 is 0 Å². The number of carbonyl (C=O) groups excluding carboxylic acids is 1. The fourth-order valence-corrected chi connectivity index (χ4v) is 3.89. The number of methoxy groups -OCH3 is 1. The van der Waals surface area contributed by atoms with Crippen molar-refractivity contribution in [2.75, 3.05) is 53.2 Å². The van der Waals surface area contributed by atoms with Gasteiger partial charge in [0.2, 0.25) is 15.9 Å². The molecule has 22 heavy (non-hydrogen) atoms. The largest absolute Gasteiger partial charge is 0.383 e. The summed E-state index contributed by atoms with van der Waals surface area (Å²) in [6.07, 6.45) is 3.46. The van der Waals surface area contributed by atoms with Crippen LogP contribution in [0.15, 0.2) is 0 Å². The van der Waals surface area contributed by atoms with Crippen LogP contribution in [0.1, 0.15) is 12.8 Å². The van der Waals surface area contributed by atoms with Gasteiger partial charge in [0.25, 0.3) is 0 Å². The van der Waals surface area contributed by atoms with E-state index in [-0.39, 0.29) is 17.9 Å². The highest BCUT2D eigenvalue weighted by atomic mass is 32.2. The third-order valence-electron chi connectivity index (χ3n) is 4.39. The highest BCUT2D eigenvalue weighted by Crippen LogP contribution is 2.41. The lowest BCUT2D eigenvalue weighted by Crippen LogP contribution is -2.42. The molecule has 1 saturated carbocycles. The second kappa shape index (κ2) is 7.25. The van der Waals surface area contributed by atoms with Crippen LogP contribution in [0.2, 0.25) is 0 Å². The lowest BCUT2D eigenvalue weighted by Gasteiger charge is -2.21. The number of likely N-dealkylation sites (tertiary alicyclic amines) is 1. The third-order valence-corrected chi connectivity index (χ3v) is 5.12. The van der Waals surface area contributed by atoms with Gasteiger partial charge in [-0.05, 0) is 31.7 Å². The molecule has 1 N–H and O–H groups in total. The van der Waals surface area contributed by atoms with Crippen molar-refractivity contribution in [3.05, 3.63) is 0 Å². The first-order valence-electron chi connectivity index (χ1n) is 7.72. The van der Waals surface area contributed by atoms with Gasteiger partial charge in [-0.15, -0.1) is 0 Å². The summed E-state index contributed by atoms with van der Waals surface area (Å²) >= 11 is 0. The zero-order valence-corrected chi connectivity index (χ0v) is 14.4. The Morgan fingerprint density at radius 1 is 1.36 bits per heavy atom. The van der Waals surface area contributed by atoms with Gasteiger partial charge >= 0.3 is 0 Å². The number of likely N-dealkylation sites (N-methyl/N-ethyl adjacent to an activating group) is 1. The summed E-state index contributed by atoms with van der Waals surface area (Å²) in [7, 11) is 0.278. The maximum atomic E-state index is 12.4. The molecule has 0 aromatic carbocycles. The van der Waals surface area contributed by atoms with Crippen molar-refractivity contribution in [2.24, 2.45) is 11.8 Å². The average Bonchev–Trinajstić information content (AvgIpc) is 3.16. The Bertz CT molecular complexity index is 492. The van der Waals surface area contributed by atoms with Gasteiger partial charge in [-0.1, -0.05) is 0 Å². The van der Waals surface area contributed by atoms with Gasteiger partial charge in [0.1, 0.15) is 0 Å². The van der Waals surface area contributed by atoms with Crippen LogP contribution < -0.4 is 4.72 Å². The van der Waals surface area contributed by atoms with Gasteiger partial charge < -0.3 is 9.64 Å². The number of rotatable bonds is 8. The summed E-state index contributed by atoms with van der Waals surface area (Å²) in [4.78, 5) is 16.1. The van der Waals surface area contributed by atoms with E-state index in [1.807, 2.05) is 11.9 Å². The molecule has 0 unspecified atom stereocenters. The zero-order chi connectivity index (χ0) is 16.3. The Morgan fingerprint density at radius 3 is 2.59 bits per heavy atom. The van der Waals surface area contributed by atoms with Gasteiger partial charge in [-0.3, -0.25) is 9.69 Å². The van der Waals surface area contributed by atoms with Gasteiger partial charge in [0, 0.05) is 32.8 Å². The number of amides is 1. The Kier molecular flexibility index (Phi) is 5.81. The first-order valence-corrected chi connectivity index (χ1v) is 9.62. The van der Waals surface area contributed by atoms with E-state index in [1.165, 1.54) is 6.26 Å². The minimum absolute atomic E-state index is 0.0575. The molecule has 2 rings (SSSR count). The van der Waals surface area contributed by atoms with Crippen LogP contribution in [0.4, 0.5) is 0 Å². The van der Waals surface area contributed by atoms with E-state index in [2.05, 4.69) is 4.72 Å². The molecular formula is C14H27N3O4S. The molecule has 0 radical (unpaired) electrons. The van der Waals surface area contributed by atoms with Gasteiger partial charge in [0.05, 0.1) is 19.4 Å². The van der Waals surface area contributed by atoms with Gasteiger partial charge in [0.15, 0.2) is 0 Å². The molecule has 0 bridgehead atoms. The standard InChI is InChI=1S/C14H27N3O4S/c1-16(6-7-21-2)10-14(18)17-8-12(11-4-5-11)13(9-17)15-22(3,19)20/h11-13,15H,4-10H2,1-3H3/t12-,13+/m1/s1. The molecule has 1 saturated heterocycles. The molecular weight excluding hydrogens is 306 g/mol. The highest BCUT2D eigenvalue weighted by Gasteiger charge is 2.44. The number of hydrogen-bond donors (Lipinski definition) is 1. The van der Waals surface area contributed by atoms with Crippen molar-refractivity contribution in [3.63, 3.8) is 0 Å². The SMILES string of the molecule is COCCN(C)CC(=O)N1C[C@H](NS(C)(=O)=O)[C@@H](C2CC2)C1. The predicted molar refractivity (Wildman–Crippen MR) is 83.9 cm³/mol. The summed E-state index contributed by atoms with van der Waals surface area (Å²) in [6.45, 7) is 2.77. The fourth-order valence-electron chi connectivity index (χ4n) is 3.09. The van der Waals surface area contributed by atoms with Crippen LogP contribution in [0.5, 0.6) is 0 Å². The Balaban J connectivity index is 1.90. The second-order valence-corrected chi connectivity index (χ2v) is 8.31. The maximum Gasteiger partial charge on any atom is 0.236 e. The maximum absolute atomic E-state index is 12.4. The van der Waals surface area contributed by atoms with Crippen LogP contribution in [0.25, 0.3) is 0 Å². The van der Waals surface area contributed by atoms with Gasteiger partial charge in [-0.2, -0.15) is 0 Å². The Labute approximate surface area is 133 Å². The smallest absolute Gasteiger partial charge is 0.236 e. The average molecular weight is 333 g/mol. The first kappa shape index (κ1) is 17.7. The lowest BCUT2D eigenvalue weighted by atomic mass is 9.99. The molecule has 1 aliphatic heterocycles. The van der Waals surface area contributed by atoms with Crippen molar-refractivity contribution >= 4 is 15.9 Å². The molecule has 2 aliphatic rings. The van der Waals surface area contributed by atoms with Crippen molar-refractivity contribution in [1.29, 1.82) is 0 Å².